The van der Waals surface area contributed by atoms with Gasteiger partial charge in [0.1, 0.15) is 30.3 Å². The summed E-state index contributed by atoms with van der Waals surface area (Å²) in [6, 6.07) is 13.3. The first-order valence-electron chi connectivity index (χ1n) is 9.29. The molecule has 6 nitrogen and oxygen atoms in total. The number of amides is 2. The Morgan fingerprint density at radius 3 is 2.17 bits per heavy atom. The third-order valence-electron chi connectivity index (χ3n) is 4.27. The van der Waals surface area contributed by atoms with Crippen molar-refractivity contribution < 1.29 is 19.1 Å². The fourth-order valence-corrected chi connectivity index (χ4v) is 3.05. The van der Waals surface area contributed by atoms with Crippen LogP contribution in [0.25, 0.3) is 6.08 Å². The third kappa shape index (κ3) is 5.65. The minimum Gasteiger partial charge on any atom is -0.490 e. The molecule has 2 amide bonds. The molecule has 2 N–H and O–H groups in total. The van der Waals surface area contributed by atoms with Crippen molar-refractivity contribution in [2.45, 2.75) is 20.3 Å². The van der Waals surface area contributed by atoms with Gasteiger partial charge >= 0.3 is 0 Å². The number of aryl methyl sites for hydroxylation is 2. The lowest BCUT2D eigenvalue weighted by molar-refractivity contribution is -0.123. The highest BCUT2D eigenvalue weighted by Crippen LogP contribution is 2.18. The van der Waals surface area contributed by atoms with Crippen LogP contribution in [0.4, 0.5) is 0 Å². The molecular formula is C22H22N2O4S. The molecule has 0 radical (unpaired) electrons. The standard InChI is InChI=1S/C22H22N2O4S/c1-3-15-10-14(2)11-18(12-15)28-9-8-27-17-6-4-16(5-7-17)13-19-20(25)23-22(29)24-21(19)26/h4-7,10-13H,3,8-9H2,1-2H3,(H2,23,24,25,26,29). The first-order valence-corrected chi connectivity index (χ1v) is 9.70. The Kier molecular flexibility index (Phi) is 6.61. The minimum atomic E-state index is -0.515. The third-order valence-corrected chi connectivity index (χ3v) is 4.48. The van der Waals surface area contributed by atoms with Gasteiger partial charge in [-0.1, -0.05) is 25.1 Å². The summed E-state index contributed by atoms with van der Waals surface area (Å²) in [5.74, 6) is 0.487. The van der Waals surface area contributed by atoms with Gasteiger partial charge < -0.3 is 9.47 Å². The van der Waals surface area contributed by atoms with E-state index in [0.29, 0.717) is 24.5 Å². The van der Waals surface area contributed by atoms with Crippen molar-refractivity contribution in [1.82, 2.24) is 10.6 Å². The second-order valence-corrected chi connectivity index (χ2v) is 6.98. The summed E-state index contributed by atoms with van der Waals surface area (Å²) in [5.41, 5.74) is 3.12. The SMILES string of the molecule is CCc1cc(C)cc(OCCOc2ccc(C=C3C(=O)NC(=S)NC3=O)cc2)c1. The molecule has 150 valence electrons. The predicted molar refractivity (Wildman–Crippen MR) is 115 cm³/mol. The maximum atomic E-state index is 11.9. The molecule has 1 heterocycles. The van der Waals surface area contributed by atoms with E-state index in [1.807, 2.05) is 19.1 Å². The Morgan fingerprint density at radius 2 is 1.55 bits per heavy atom. The van der Waals surface area contributed by atoms with Gasteiger partial charge in [-0.2, -0.15) is 0 Å². The van der Waals surface area contributed by atoms with Crippen LogP contribution in [-0.4, -0.2) is 30.1 Å². The normalized spacial score (nSPS) is 13.6. The second-order valence-electron chi connectivity index (χ2n) is 6.57. The first-order chi connectivity index (χ1) is 13.9. The van der Waals surface area contributed by atoms with Crippen LogP contribution in [0.15, 0.2) is 48.0 Å². The van der Waals surface area contributed by atoms with Crippen LogP contribution >= 0.6 is 12.2 Å². The van der Waals surface area contributed by atoms with Gasteiger partial charge in [0.15, 0.2) is 5.11 Å². The van der Waals surface area contributed by atoms with Crippen LogP contribution in [0.3, 0.4) is 0 Å². The molecule has 3 rings (SSSR count). The molecule has 29 heavy (non-hydrogen) atoms. The first kappa shape index (κ1) is 20.5. The average molecular weight is 410 g/mol. The second kappa shape index (κ2) is 9.34. The summed E-state index contributed by atoms with van der Waals surface area (Å²) in [4.78, 5) is 23.7. The summed E-state index contributed by atoms with van der Waals surface area (Å²) in [6.07, 6.45) is 2.47. The molecule has 0 spiro atoms. The lowest BCUT2D eigenvalue weighted by Gasteiger charge is -2.16. The van der Waals surface area contributed by atoms with Gasteiger partial charge in [-0.15, -0.1) is 0 Å². The average Bonchev–Trinajstić information content (AvgIpc) is 2.68. The van der Waals surface area contributed by atoms with Crippen LogP contribution in [0, 0.1) is 6.92 Å². The van der Waals surface area contributed by atoms with E-state index in [-0.39, 0.29) is 10.7 Å². The number of carbonyl (C=O) groups is 2. The van der Waals surface area contributed by atoms with Gasteiger partial charge in [-0.3, -0.25) is 20.2 Å². The Bertz CT molecular complexity index is 945. The van der Waals surface area contributed by atoms with Gasteiger partial charge in [0.05, 0.1) is 0 Å². The van der Waals surface area contributed by atoms with Gasteiger partial charge in [0.2, 0.25) is 0 Å². The quantitative estimate of drug-likeness (QED) is 0.318. The molecule has 2 aromatic carbocycles. The van der Waals surface area contributed by atoms with Crippen LogP contribution in [0.5, 0.6) is 11.5 Å². The highest BCUT2D eigenvalue weighted by molar-refractivity contribution is 7.80. The van der Waals surface area contributed by atoms with Crippen molar-refractivity contribution in [2.75, 3.05) is 13.2 Å². The van der Waals surface area contributed by atoms with Crippen molar-refractivity contribution in [1.29, 1.82) is 0 Å². The van der Waals surface area contributed by atoms with Gasteiger partial charge in [-0.05, 0) is 72.6 Å². The Labute approximate surface area is 174 Å². The van der Waals surface area contributed by atoms with Crippen LogP contribution < -0.4 is 20.1 Å². The van der Waals surface area contributed by atoms with E-state index in [4.69, 9.17) is 21.7 Å². The Morgan fingerprint density at radius 1 is 0.931 bits per heavy atom. The van der Waals surface area contributed by atoms with Gasteiger partial charge in [-0.25, -0.2) is 0 Å². The molecule has 0 aromatic heterocycles. The van der Waals surface area contributed by atoms with E-state index in [0.717, 1.165) is 12.2 Å². The zero-order valence-electron chi connectivity index (χ0n) is 16.3. The molecule has 0 atom stereocenters. The summed E-state index contributed by atoms with van der Waals surface area (Å²) >= 11 is 4.78. The van der Waals surface area contributed by atoms with Crippen LogP contribution in [0.2, 0.25) is 0 Å². The monoisotopic (exact) mass is 410 g/mol. The summed E-state index contributed by atoms with van der Waals surface area (Å²) < 4.78 is 11.5. The number of rotatable bonds is 7. The predicted octanol–water partition coefficient (Wildman–Crippen LogP) is 2.93. The minimum absolute atomic E-state index is 0.00488. The van der Waals surface area contributed by atoms with E-state index in [9.17, 15) is 9.59 Å². The van der Waals surface area contributed by atoms with Gasteiger partial charge in [0, 0.05) is 0 Å². The molecule has 0 saturated carbocycles. The molecule has 0 aliphatic carbocycles. The van der Waals surface area contributed by atoms with E-state index in [2.05, 4.69) is 23.6 Å². The van der Waals surface area contributed by atoms with Crippen molar-refractivity contribution >= 4 is 35.2 Å². The van der Waals surface area contributed by atoms with Gasteiger partial charge in [0.25, 0.3) is 11.8 Å². The molecule has 0 unspecified atom stereocenters. The summed E-state index contributed by atoms with van der Waals surface area (Å²) in [7, 11) is 0. The summed E-state index contributed by atoms with van der Waals surface area (Å²) in [6.45, 7) is 4.99. The van der Waals surface area contributed by atoms with E-state index in [1.165, 1.54) is 17.2 Å². The fourth-order valence-electron chi connectivity index (χ4n) is 2.86. The van der Waals surface area contributed by atoms with E-state index >= 15 is 0 Å². The molecule has 7 heteroatoms. The van der Waals surface area contributed by atoms with Crippen LogP contribution in [0.1, 0.15) is 23.6 Å². The Hall–Kier alpha value is -3.19. The number of thiocarbonyl (C=S) groups is 1. The van der Waals surface area contributed by atoms with E-state index in [1.54, 1.807) is 24.3 Å². The lowest BCUT2D eigenvalue weighted by atomic mass is 10.1. The van der Waals surface area contributed by atoms with E-state index < -0.39 is 11.8 Å². The molecule has 2 aromatic rings. The maximum absolute atomic E-state index is 11.9. The number of ether oxygens (including phenoxy) is 2. The topological polar surface area (TPSA) is 76.7 Å². The molecule has 1 aliphatic heterocycles. The lowest BCUT2D eigenvalue weighted by Crippen LogP contribution is -2.51. The highest BCUT2D eigenvalue weighted by atomic mass is 32.1. The van der Waals surface area contributed by atoms with Crippen molar-refractivity contribution in [3.8, 4) is 11.5 Å². The zero-order valence-corrected chi connectivity index (χ0v) is 17.1. The van der Waals surface area contributed by atoms with Crippen molar-refractivity contribution in [2.24, 2.45) is 0 Å². The smallest absolute Gasteiger partial charge is 0.263 e. The fraction of sp³-hybridized carbons (Fsp3) is 0.227. The maximum Gasteiger partial charge on any atom is 0.263 e. The number of hydrogen-bond acceptors (Lipinski definition) is 5. The van der Waals surface area contributed by atoms with Crippen molar-refractivity contribution in [3.63, 3.8) is 0 Å². The molecule has 0 bridgehead atoms. The number of carbonyl (C=O) groups excluding carboxylic acids is 2. The Balaban J connectivity index is 1.53. The van der Waals surface area contributed by atoms with Crippen molar-refractivity contribution in [3.05, 3.63) is 64.7 Å². The highest BCUT2D eigenvalue weighted by Gasteiger charge is 2.25. The molecule has 1 aliphatic rings. The largest absolute Gasteiger partial charge is 0.490 e. The number of benzene rings is 2. The molecule has 1 saturated heterocycles. The van der Waals surface area contributed by atoms with Crippen LogP contribution in [-0.2, 0) is 16.0 Å². The number of hydrogen-bond donors (Lipinski definition) is 2. The summed E-state index contributed by atoms with van der Waals surface area (Å²) in [5, 5.41) is 4.82. The zero-order chi connectivity index (χ0) is 20.8. The molecule has 1 fully saturated rings. The molecular weight excluding hydrogens is 388 g/mol. The number of nitrogens with one attached hydrogen (secondary N) is 2.